The lowest BCUT2D eigenvalue weighted by atomic mass is 9.93. The first kappa shape index (κ1) is 16.2. The highest BCUT2D eigenvalue weighted by Crippen LogP contribution is 2.28. The van der Waals surface area contributed by atoms with Gasteiger partial charge in [-0.1, -0.05) is 0 Å². The number of aryl methyl sites for hydroxylation is 1. The summed E-state index contributed by atoms with van der Waals surface area (Å²) in [5.74, 6) is -0.0945. The van der Waals surface area contributed by atoms with E-state index >= 15 is 0 Å². The van der Waals surface area contributed by atoms with Gasteiger partial charge in [0.2, 0.25) is 0 Å². The van der Waals surface area contributed by atoms with Crippen molar-refractivity contribution in [1.82, 2.24) is 24.2 Å². The third-order valence-electron chi connectivity index (χ3n) is 4.73. The van der Waals surface area contributed by atoms with Gasteiger partial charge in [-0.05, 0) is 25.3 Å². The summed E-state index contributed by atoms with van der Waals surface area (Å²) in [6, 6.07) is 1.23. The Bertz CT molecular complexity index is 892. The number of hydrogen-bond donors (Lipinski definition) is 1. The van der Waals surface area contributed by atoms with Crippen LogP contribution >= 0.6 is 0 Å². The van der Waals surface area contributed by atoms with Crippen molar-refractivity contribution in [3.05, 3.63) is 50.1 Å². The van der Waals surface area contributed by atoms with Crippen molar-refractivity contribution < 1.29 is 4.79 Å². The van der Waals surface area contributed by atoms with Crippen molar-refractivity contribution in [2.45, 2.75) is 25.7 Å². The topological polar surface area (TPSA) is 93.0 Å². The van der Waals surface area contributed by atoms with Gasteiger partial charge in [0.25, 0.3) is 11.5 Å². The Morgan fingerprint density at radius 2 is 2.04 bits per heavy atom. The van der Waals surface area contributed by atoms with Gasteiger partial charge < -0.3 is 4.90 Å². The maximum atomic E-state index is 12.8. The highest BCUT2D eigenvalue weighted by molar-refractivity contribution is 5.92. The van der Waals surface area contributed by atoms with Crippen LogP contribution in [0.3, 0.4) is 0 Å². The van der Waals surface area contributed by atoms with E-state index in [0.29, 0.717) is 13.1 Å². The van der Waals surface area contributed by atoms with E-state index in [1.807, 2.05) is 6.92 Å². The lowest BCUT2D eigenvalue weighted by Crippen LogP contribution is -2.44. The maximum Gasteiger partial charge on any atom is 0.331 e. The molecule has 128 valence electrons. The van der Waals surface area contributed by atoms with Crippen LogP contribution in [0.2, 0.25) is 0 Å². The highest BCUT2D eigenvalue weighted by atomic mass is 16.2. The van der Waals surface area contributed by atoms with Crippen LogP contribution in [0.25, 0.3) is 0 Å². The number of rotatable bonds is 2. The molecule has 0 spiro atoms. The van der Waals surface area contributed by atoms with Crippen LogP contribution in [-0.2, 0) is 14.1 Å². The van der Waals surface area contributed by atoms with Gasteiger partial charge in [0.05, 0.1) is 6.20 Å². The summed E-state index contributed by atoms with van der Waals surface area (Å²) in [5.41, 5.74) is 1.29. The van der Waals surface area contributed by atoms with E-state index < -0.39 is 11.2 Å². The van der Waals surface area contributed by atoms with E-state index in [9.17, 15) is 14.4 Å². The lowest BCUT2D eigenvalue weighted by Gasteiger charge is -2.32. The van der Waals surface area contributed by atoms with E-state index in [4.69, 9.17) is 0 Å². The summed E-state index contributed by atoms with van der Waals surface area (Å²) in [4.78, 5) is 38.4. The molecule has 0 radical (unpaired) electrons. The Hall–Kier alpha value is -2.64. The van der Waals surface area contributed by atoms with Gasteiger partial charge in [-0.15, -0.1) is 0 Å². The lowest BCUT2D eigenvalue weighted by molar-refractivity contribution is 0.0693. The Balaban J connectivity index is 1.89. The van der Waals surface area contributed by atoms with Crippen molar-refractivity contribution in [3.63, 3.8) is 0 Å². The minimum absolute atomic E-state index is 0.130. The van der Waals surface area contributed by atoms with E-state index in [0.717, 1.165) is 28.7 Å². The summed E-state index contributed by atoms with van der Waals surface area (Å²) >= 11 is 0. The molecule has 1 amide bonds. The fourth-order valence-corrected chi connectivity index (χ4v) is 3.27. The Labute approximate surface area is 138 Å². The summed E-state index contributed by atoms with van der Waals surface area (Å²) in [6.45, 7) is 3.15. The highest BCUT2D eigenvalue weighted by Gasteiger charge is 2.28. The third kappa shape index (κ3) is 2.68. The van der Waals surface area contributed by atoms with Crippen molar-refractivity contribution in [2.75, 3.05) is 13.1 Å². The number of aromatic amines is 1. The standard InChI is InChI=1S/C16H21N5O3/c1-10-8-17-18-14(10)11-5-4-6-21(9-11)15(23)12-7-13(22)20(3)16(24)19(12)2/h7-8,11H,4-6,9H2,1-3H3,(H,17,18)/t11-/m0/s1. The summed E-state index contributed by atoms with van der Waals surface area (Å²) < 4.78 is 2.22. The van der Waals surface area contributed by atoms with Crippen LogP contribution in [0.15, 0.2) is 21.9 Å². The molecule has 24 heavy (non-hydrogen) atoms. The molecule has 1 atom stereocenters. The molecule has 8 heteroatoms. The first-order chi connectivity index (χ1) is 11.4. The number of amides is 1. The van der Waals surface area contributed by atoms with E-state index in [-0.39, 0.29) is 17.5 Å². The number of piperidine rings is 1. The van der Waals surface area contributed by atoms with Crippen LogP contribution in [0, 0.1) is 6.92 Å². The van der Waals surface area contributed by atoms with Gasteiger partial charge in [0, 0.05) is 44.9 Å². The number of nitrogens with one attached hydrogen (secondary N) is 1. The van der Waals surface area contributed by atoms with E-state index in [1.54, 1.807) is 11.1 Å². The van der Waals surface area contributed by atoms with Crippen LogP contribution < -0.4 is 11.2 Å². The van der Waals surface area contributed by atoms with Crippen molar-refractivity contribution in [3.8, 4) is 0 Å². The molecule has 2 aromatic heterocycles. The molecule has 1 aliphatic heterocycles. The van der Waals surface area contributed by atoms with Gasteiger partial charge in [-0.2, -0.15) is 5.10 Å². The average molecular weight is 331 g/mol. The number of carbonyl (C=O) groups excluding carboxylic acids is 1. The van der Waals surface area contributed by atoms with Gasteiger partial charge in [0.1, 0.15) is 5.69 Å². The van der Waals surface area contributed by atoms with Crippen LogP contribution in [0.5, 0.6) is 0 Å². The molecule has 0 aromatic carbocycles. The smallest absolute Gasteiger partial charge is 0.331 e. The second kappa shape index (κ2) is 6.10. The van der Waals surface area contributed by atoms with E-state index in [2.05, 4.69) is 10.2 Å². The fraction of sp³-hybridized carbons (Fsp3) is 0.500. The molecule has 0 aliphatic carbocycles. The monoisotopic (exact) mass is 331 g/mol. The normalized spacial score (nSPS) is 18.0. The Morgan fingerprint density at radius 3 is 2.71 bits per heavy atom. The predicted molar refractivity (Wildman–Crippen MR) is 88.1 cm³/mol. The summed E-state index contributed by atoms with van der Waals surface area (Å²) in [6.07, 6.45) is 3.62. The minimum atomic E-state index is -0.496. The first-order valence-corrected chi connectivity index (χ1v) is 7.96. The zero-order chi connectivity index (χ0) is 17.4. The van der Waals surface area contributed by atoms with Crippen LogP contribution in [0.1, 0.15) is 40.5 Å². The maximum absolute atomic E-state index is 12.8. The Morgan fingerprint density at radius 1 is 1.29 bits per heavy atom. The molecule has 1 aliphatic rings. The largest absolute Gasteiger partial charge is 0.337 e. The zero-order valence-electron chi connectivity index (χ0n) is 14.1. The summed E-state index contributed by atoms with van der Waals surface area (Å²) in [5, 5.41) is 7.07. The van der Waals surface area contributed by atoms with Gasteiger partial charge in [0.15, 0.2) is 0 Å². The third-order valence-corrected chi connectivity index (χ3v) is 4.73. The van der Waals surface area contributed by atoms with E-state index in [1.165, 1.54) is 24.7 Å². The fourth-order valence-electron chi connectivity index (χ4n) is 3.27. The number of hydrogen-bond acceptors (Lipinski definition) is 4. The molecule has 1 fully saturated rings. The molecule has 3 heterocycles. The van der Waals surface area contributed by atoms with Gasteiger partial charge >= 0.3 is 5.69 Å². The molecule has 0 saturated carbocycles. The molecule has 1 N–H and O–H groups in total. The number of carbonyl (C=O) groups is 1. The van der Waals surface area contributed by atoms with Crippen molar-refractivity contribution in [2.24, 2.45) is 14.1 Å². The number of H-pyrrole nitrogens is 1. The first-order valence-electron chi connectivity index (χ1n) is 7.96. The molecule has 1 saturated heterocycles. The second-order valence-corrected chi connectivity index (χ2v) is 6.33. The van der Waals surface area contributed by atoms with Crippen molar-refractivity contribution >= 4 is 5.91 Å². The molecule has 0 bridgehead atoms. The molecular weight excluding hydrogens is 310 g/mol. The molecule has 0 unspecified atom stereocenters. The van der Waals surface area contributed by atoms with Gasteiger partial charge in [-0.25, -0.2) is 4.79 Å². The average Bonchev–Trinajstić information content (AvgIpc) is 3.02. The molecule has 3 rings (SSSR count). The second-order valence-electron chi connectivity index (χ2n) is 6.33. The number of likely N-dealkylation sites (tertiary alicyclic amines) is 1. The molecular formula is C16H21N5O3. The predicted octanol–water partition coefficient (Wildman–Crippen LogP) is 0.135. The summed E-state index contributed by atoms with van der Waals surface area (Å²) in [7, 11) is 2.91. The number of aromatic nitrogens is 4. The molecule has 8 nitrogen and oxygen atoms in total. The molecule has 2 aromatic rings. The zero-order valence-corrected chi connectivity index (χ0v) is 14.1. The SMILES string of the molecule is Cc1cn[nH]c1[C@H]1CCCN(C(=O)c2cc(=O)n(C)c(=O)n2C)C1. The van der Waals surface area contributed by atoms with Crippen LogP contribution in [0.4, 0.5) is 0 Å². The Kier molecular flexibility index (Phi) is 4.13. The van der Waals surface area contributed by atoms with Crippen LogP contribution in [-0.4, -0.2) is 43.2 Å². The quantitative estimate of drug-likeness (QED) is 0.847. The number of nitrogens with zero attached hydrogens (tertiary/aromatic N) is 4. The van der Waals surface area contributed by atoms with Gasteiger partial charge in [-0.3, -0.25) is 23.8 Å². The van der Waals surface area contributed by atoms with Crippen molar-refractivity contribution in [1.29, 1.82) is 0 Å². The minimum Gasteiger partial charge on any atom is -0.337 e.